The summed E-state index contributed by atoms with van der Waals surface area (Å²) in [4.78, 5) is 0.271. The van der Waals surface area contributed by atoms with Crippen LogP contribution in [-0.2, 0) is 16.4 Å². The van der Waals surface area contributed by atoms with Crippen LogP contribution >= 0.6 is 0 Å². The summed E-state index contributed by atoms with van der Waals surface area (Å²) in [6.07, 6.45) is 1.69. The van der Waals surface area contributed by atoms with Crippen molar-refractivity contribution < 1.29 is 13.5 Å². The van der Waals surface area contributed by atoms with Gasteiger partial charge >= 0.3 is 0 Å². The summed E-state index contributed by atoms with van der Waals surface area (Å²) in [5.41, 5.74) is 0.951. The smallest absolute Gasteiger partial charge is 0.240 e. The maximum Gasteiger partial charge on any atom is 0.240 e. The van der Waals surface area contributed by atoms with Gasteiger partial charge < -0.3 is 5.11 Å². The van der Waals surface area contributed by atoms with Gasteiger partial charge in [-0.2, -0.15) is 0 Å². The number of rotatable bonds is 8. The van der Waals surface area contributed by atoms with E-state index in [2.05, 4.69) is 18.6 Å². The molecule has 1 rings (SSSR count). The van der Waals surface area contributed by atoms with E-state index in [-0.39, 0.29) is 11.0 Å². The Bertz CT molecular complexity index is 494. The van der Waals surface area contributed by atoms with Gasteiger partial charge in [0.2, 0.25) is 10.0 Å². The monoisotopic (exact) mass is 299 g/mol. The zero-order valence-corrected chi connectivity index (χ0v) is 13.3. The summed E-state index contributed by atoms with van der Waals surface area (Å²) in [7, 11) is -3.40. The van der Waals surface area contributed by atoms with Gasteiger partial charge in [0, 0.05) is 6.54 Å². The highest BCUT2D eigenvalue weighted by Crippen LogP contribution is 2.14. The van der Waals surface area contributed by atoms with Gasteiger partial charge in [0.15, 0.2) is 0 Å². The zero-order valence-electron chi connectivity index (χ0n) is 12.5. The molecule has 1 aromatic rings. The van der Waals surface area contributed by atoms with Gasteiger partial charge in [-0.1, -0.05) is 32.9 Å². The lowest BCUT2D eigenvalue weighted by molar-refractivity contribution is 0.149. The molecule has 20 heavy (non-hydrogen) atoms. The molecule has 0 bridgehead atoms. The van der Waals surface area contributed by atoms with E-state index in [9.17, 15) is 13.5 Å². The van der Waals surface area contributed by atoms with Crippen LogP contribution < -0.4 is 4.72 Å². The van der Waals surface area contributed by atoms with E-state index < -0.39 is 10.0 Å². The Morgan fingerprint density at radius 1 is 1.20 bits per heavy atom. The van der Waals surface area contributed by atoms with Crippen molar-refractivity contribution in [2.45, 2.75) is 51.0 Å². The van der Waals surface area contributed by atoms with Crippen molar-refractivity contribution in [1.29, 1.82) is 0 Å². The molecule has 4 nitrogen and oxygen atoms in total. The lowest BCUT2D eigenvalue weighted by Crippen LogP contribution is -2.24. The van der Waals surface area contributed by atoms with Crippen molar-refractivity contribution in [2.24, 2.45) is 5.92 Å². The minimum absolute atomic E-state index is 0.271. The molecule has 0 aliphatic rings. The number of sulfonamides is 1. The Morgan fingerprint density at radius 2 is 1.80 bits per heavy atom. The van der Waals surface area contributed by atoms with Crippen LogP contribution in [0, 0.1) is 5.92 Å². The van der Waals surface area contributed by atoms with Gasteiger partial charge in [0.1, 0.15) is 0 Å². The van der Waals surface area contributed by atoms with Gasteiger partial charge in [-0.3, -0.25) is 0 Å². The number of hydrogen-bond donors (Lipinski definition) is 2. The molecule has 114 valence electrons. The molecule has 0 amide bonds. The molecule has 1 aromatic carbocycles. The Morgan fingerprint density at radius 3 is 2.30 bits per heavy atom. The van der Waals surface area contributed by atoms with Crippen molar-refractivity contribution in [2.75, 3.05) is 6.54 Å². The van der Waals surface area contributed by atoms with Crippen molar-refractivity contribution in [3.05, 3.63) is 29.8 Å². The summed E-state index contributed by atoms with van der Waals surface area (Å²) in [6, 6.07) is 6.72. The summed E-state index contributed by atoms with van der Waals surface area (Å²) >= 11 is 0. The standard InChI is InChI=1S/C15H25NO3S/c1-4-9-16-20(18,19)15-7-5-13(6-8-15)11-14(17)10-12(2)3/h5-8,12,14,16-17H,4,9-11H2,1-3H3. The molecule has 0 saturated carbocycles. The maximum atomic E-state index is 11.9. The molecule has 5 heteroatoms. The molecule has 0 aliphatic heterocycles. The molecule has 0 radical (unpaired) electrons. The number of hydrogen-bond acceptors (Lipinski definition) is 3. The second-order valence-electron chi connectivity index (χ2n) is 5.53. The molecule has 0 spiro atoms. The summed E-state index contributed by atoms with van der Waals surface area (Å²) < 4.78 is 26.4. The molecule has 0 aliphatic carbocycles. The Balaban J connectivity index is 2.69. The summed E-state index contributed by atoms with van der Waals surface area (Å²) in [5, 5.41) is 9.89. The highest BCUT2D eigenvalue weighted by atomic mass is 32.2. The van der Waals surface area contributed by atoms with E-state index in [1.807, 2.05) is 6.92 Å². The van der Waals surface area contributed by atoms with Crippen LogP contribution in [0.5, 0.6) is 0 Å². The third-order valence-electron chi connectivity index (χ3n) is 2.99. The molecule has 0 heterocycles. The van der Waals surface area contributed by atoms with E-state index in [1.54, 1.807) is 24.3 Å². The number of nitrogens with one attached hydrogen (secondary N) is 1. The summed E-state index contributed by atoms with van der Waals surface area (Å²) in [6.45, 7) is 6.50. The van der Waals surface area contributed by atoms with Crippen LogP contribution in [0.3, 0.4) is 0 Å². The van der Waals surface area contributed by atoms with Crippen LogP contribution in [0.4, 0.5) is 0 Å². The normalized spacial score (nSPS) is 13.7. The fourth-order valence-electron chi connectivity index (χ4n) is 2.02. The van der Waals surface area contributed by atoms with Crippen molar-refractivity contribution >= 4 is 10.0 Å². The second-order valence-corrected chi connectivity index (χ2v) is 7.30. The lowest BCUT2D eigenvalue weighted by Gasteiger charge is -2.13. The molecular weight excluding hydrogens is 274 g/mol. The highest BCUT2D eigenvalue weighted by molar-refractivity contribution is 7.89. The van der Waals surface area contributed by atoms with Crippen molar-refractivity contribution in [3.8, 4) is 0 Å². The first-order chi connectivity index (χ1) is 9.35. The van der Waals surface area contributed by atoms with E-state index >= 15 is 0 Å². The Hall–Kier alpha value is -0.910. The fraction of sp³-hybridized carbons (Fsp3) is 0.600. The predicted molar refractivity (Wildman–Crippen MR) is 81.1 cm³/mol. The van der Waals surface area contributed by atoms with Crippen molar-refractivity contribution in [1.82, 2.24) is 4.72 Å². The zero-order chi connectivity index (χ0) is 15.2. The van der Waals surface area contributed by atoms with Gasteiger partial charge in [-0.05, 0) is 42.9 Å². The van der Waals surface area contributed by atoms with E-state index in [0.717, 1.165) is 18.4 Å². The summed E-state index contributed by atoms with van der Waals surface area (Å²) in [5.74, 6) is 0.447. The third kappa shape index (κ3) is 5.61. The van der Waals surface area contributed by atoms with Crippen LogP contribution in [0.15, 0.2) is 29.2 Å². The molecule has 1 atom stereocenters. The fourth-order valence-corrected chi connectivity index (χ4v) is 3.16. The van der Waals surface area contributed by atoms with Crippen LogP contribution in [0.1, 0.15) is 39.2 Å². The van der Waals surface area contributed by atoms with E-state index in [0.29, 0.717) is 18.9 Å². The number of benzene rings is 1. The Labute approximate surface area is 122 Å². The van der Waals surface area contributed by atoms with Crippen LogP contribution in [0.25, 0.3) is 0 Å². The van der Waals surface area contributed by atoms with Gasteiger partial charge in [-0.15, -0.1) is 0 Å². The molecule has 2 N–H and O–H groups in total. The Kier molecular flexibility index (Phi) is 6.65. The molecular formula is C15H25NO3S. The maximum absolute atomic E-state index is 11.9. The first kappa shape index (κ1) is 17.1. The second kappa shape index (κ2) is 7.76. The number of aliphatic hydroxyl groups is 1. The van der Waals surface area contributed by atoms with E-state index in [4.69, 9.17) is 0 Å². The average Bonchev–Trinajstić information content (AvgIpc) is 2.36. The molecule has 0 aromatic heterocycles. The molecule has 0 fully saturated rings. The largest absolute Gasteiger partial charge is 0.393 e. The van der Waals surface area contributed by atoms with Gasteiger partial charge in [-0.25, -0.2) is 13.1 Å². The lowest BCUT2D eigenvalue weighted by atomic mass is 10.00. The first-order valence-corrected chi connectivity index (χ1v) is 8.60. The number of aliphatic hydroxyl groups excluding tert-OH is 1. The SMILES string of the molecule is CCCNS(=O)(=O)c1ccc(CC(O)CC(C)C)cc1. The quantitative estimate of drug-likeness (QED) is 0.774. The van der Waals surface area contributed by atoms with Crippen molar-refractivity contribution in [3.63, 3.8) is 0 Å². The average molecular weight is 299 g/mol. The van der Waals surface area contributed by atoms with Gasteiger partial charge in [0.25, 0.3) is 0 Å². The minimum Gasteiger partial charge on any atom is -0.393 e. The minimum atomic E-state index is -3.40. The highest BCUT2D eigenvalue weighted by Gasteiger charge is 2.13. The topological polar surface area (TPSA) is 66.4 Å². The van der Waals surface area contributed by atoms with Gasteiger partial charge in [0.05, 0.1) is 11.0 Å². The third-order valence-corrected chi connectivity index (χ3v) is 4.47. The molecule has 0 saturated heterocycles. The van der Waals surface area contributed by atoms with Crippen LogP contribution in [-0.4, -0.2) is 26.2 Å². The predicted octanol–water partition coefficient (Wildman–Crippen LogP) is 2.32. The molecule has 1 unspecified atom stereocenters. The van der Waals surface area contributed by atoms with E-state index in [1.165, 1.54) is 0 Å². The van der Waals surface area contributed by atoms with Crippen LogP contribution in [0.2, 0.25) is 0 Å². The first-order valence-electron chi connectivity index (χ1n) is 7.11.